The molecular formula is C25H27NO4. The van der Waals surface area contributed by atoms with Crippen molar-refractivity contribution in [3.8, 4) is 17.2 Å². The summed E-state index contributed by atoms with van der Waals surface area (Å²) in [6.07, 6.45) is 0. The Bertz CT molecular complexity index is 1030. The van der Waals surface area contributed by atoms with E-state index in [9.17, 15) is 4.79 Å². The van der Waals surface area contributed by atoms with Gasteiger partial charge in [0.25, 0.3) is 5.91 Å². The molecule has 0 spiro atoms. The first-order chi connectivity index (χ1) is 14.5. The van der Waals surface area contributed by atoms with Crippen LogP contribution in [0.4, 0.5) is 0 Å². The van der Waals surface area contributed by atoms with E-state index < -0.39 is 0 Å². The SMILES string of the molecule is COc1ccccc1CNC(=O)c1ccc(OC)c(COc2ccc(C)c(C)c2)c1. The van der Waals surface area contributed by atoms with Gasteiger partial charge in [-0.15, -0.1) is 0 Å². The molecule has 30 heavy (non-hydrogen) atoms. The van der Waals surface area contributed by atoms with Crippen molar-refractivity contribution in [3.05, 3.63) is 88.5 Å². The van der Waals surface area contributed by atoms with E-state index >= 15 is 0 Å². The standard InChI is InChI=1S/C25H27NO4/c1-17-9-11-22(13-18(17)2)30-16-21-14-19(10-12-24(21)29-4)25(27)26-15-20-7-5-6-8-23(20)28-3/h5-14H,15-16H2,1-4H3,(H,26,27). The van der Waals surface area contributed by atoms with Crippen molar-refractivity contribution >= 4 is 5.91 Å². The van der Waals surface area contributed by atoms with E-state index in [2.05, 4.69) is 19.2 Å². The number of hydrogen-bond acceptors (Lipinski definition) is 4. The second-order valence-corrected chi connectivity index (χ2v) is 7.06. The van der Waals surface area contributed by atoms with Crippen molar-refractivity contribution in [2.24, 2.45) is 0 Å². The van der Waals surface area contributed by atoms with Crippen LogP contribution in [0.2, 0.25) is 0 Å². The molecule has 0 aliphatic heterocycles. The number of benzene rings is 3. The van der Waals surface area contributed by atoms with Crippen LogP contribution in [-0.2, 0) is 13.2 Å². The molecule has 0 bridgehead atoms. The summed E-state index contributed by atoms with van der Waals surface area (Å²) in [6.45, 7) is 4.80. The van der Waals surface area contributed by atoms with Crippen LogP contribution in [-0.4, -0.2) is 20.1 Å². The van der Waals surface area contributed by atoms with Crippen LogP contribution in [0.15, 0.2) is 60.7 Å². The Morgan fingerprint density at radius 3 is 2.30 bits per heavy atom. The van der Waals surface area contributed by atoms with Crippen molar-refractivity contribution in [1.82, 2.24) is 5.32 Å². The molecule has 5 heteroatoms. The fourth-order valence-electron chi connectivity index (χ4n) is 3.12. The van der Waals surface area contributed by atoms with Gasteiger partial charge >= 0.3 is 0 Å². The topological polar surface area (TPSA) is 56.8 Å². The van der Waals surface area contributed by atoms with Crippen LogP contribution in [0.1, 0.15) is 32.6 Å². The highest BCUT2D eigenvalue weighted by Crippen LogP contribution is 2.24. The minimum absolute atomic E-state index is 0.170. The van der Waals surface area contributed by atoms with Crippen LogP contribution in [0, 0.1) is 13.8 Å². The zero-order chi connectivity index (χ0) is 21.5. The summed E-state index contributed by atoms with van der Waals surface area (Å²) in [5.41, 5.74) is 4.66. The zero-order valence-electron chi connectivity index (χ0n) is 17.8. The van der Waals surface area contributed by atoms with E-state index in [0.29, 0.717) is 24.5 Å². The van der Waals surface area contributed by atoms with Crippen molar-refractivity contribution in [1.29, 1.82) is 0 Å². The summed E-state index contributed by atoms with van der Waals surface area (Å²) in [5.74, 6) is 2.04. The highest BCUT2D eigenvalue weighted by molar-refractivity contribution is 5.94. The molecule has 0 radical (unpaired) electrons. The number of nitrogens with one attached hydrogen (secondary N) is 1. The largest absolute Gasteiger partial charge is 0.496 e. The van der Waals surface area contributed by atoms with E-state index in [1.807, 2.05) is 42.5 Å². The number of ether oxygens (including phenoxy) is 3. The van der Waals surface area contributed by atoms with Crippen LogP contribution in [0.5, 0.6) is 17.2 Å². The molecule has 156 valence electrons. The molecule has 1 amide bonds. The molecule has 0 saturated carbocycles. The first-order valence-corrected chi connectivity index (χ1v) is 9.79. The predicted octanol–water partition coefficient (Wildman–Crippen LogP) is 4.83. The number of carbonyl (C=O) groups is 1. The third-order valence-electron chi connectivity index (χ3n) is 5.05. The number of hydrogen-bond donors (Lipinski definition) is 1. The molecule has 0 saturated heterocycles. The smallest absolute Gasteiger partial charge is 0.251 e. The predicted molar refractivity (Wildman–Crippen MR) is 117 cm³/mol. The van der Waals surface area contributed by atoms with Crippen molar-refractivity contribution < 1.29 is 19.0 Å². The maximum absolute atomic E-state index is 12.7. The summed E-state index contributed by atoms with van der Waals surface area (Å²) < 4.78 is 16.7. The third kappa shape index (κ3) is 5.11. The van der Waals surface area contributed by atoms with Gasteiger partial charge in [-0.3, -0.25) is 4.79 Å². The normalized spacial score (nSPS) is 10.4. The molecule has 0 aromatic heterocycles. The van der Waals surface area contributed by atoms with E-state index in [-0.39, 0.29) is 5.91 Å². The first kappa shape index (κ1) is 21.2. The van der Waals surface area contributed by atoms with E-state index in [4.69, 9.17) is 14.2 Å². The van der Waals surface area contributed by atoms with Crippen molar-refractivity contribution in [2.75, 3.05) is 14.2 Å². The Balaban J connectivity index is 1.71. The third-order valence-corrected chi connectivity index (χ3v) is 5.05. The average molecular weight is 405 g/mol. The van der Waals surface area contributed by atoms with Gasteiger partial charge in [0, 0.05) is 23.2 Å². The number of amides is 1. The molecule has 3 aromatic rings. The fourth-order valence-corrected chi connectivity index (χ4v) is 3.12. The van der Waals surface area contributed by atoms with Crippen LogP contribution in [0.3, 0.4) is 0 Å². The highest BCUT2D eigenvalue weighted by atomic mass is 16.5. The lowest BCUT2D eigenvalue weighted by atomic mass is 10.1. The van der Waals surface area contributed by atoms with E-state index in [1.54, 1.807) is 32.4 Å². The van der Waals surface area contributed by atoms with Crippen molar-refractivity contribution in [3.63, 3.8) is 0 Å². The molecule has 0 fully saturated rings. The van der Waals surface area contributed by atoms with Gasteiger partial charge < -0.3 is 19.5 Å². The fraction of sp³-hybridized carbons (Fsp3) is 0.240. The van der Waals surface area contributed by atoms with Gasteiger partial charge in [-0.25, -0.2) is 0 Å². The molecule has 3 rings (SSSR count). The number of carbonyl (C=O) groups excluding carboxylic acids is 1. The molecule has 5 nitrogen and oxygen atoms in total. The molecule has 0 unspecified atom stereocenters. The van der Waals surface area contributed by atoms with E-state index in [1.165, 1.54) is 11.1 Å². The van der Waals surface area contributed by atoms with Gasteiger partial charge in [-0.2, -0.15) is 0 Å². The first-order valence-electron chi connectivity index (χ1n) is 9.79. The van der Waals surface area contributed by atoms with Gasteiger partial charge in [0.1, 0.15) is 23.9 Å². The zero-order valence-corrected chi connectivity index (χ0v) is 17.8. The molecule has 0 atom stereocenters. The monoisotopic (exact) mass is 405 g/mol. The molecule has 0 aliphatic rings. The summed E-state index contributed by atoms with van der Waals surface area (Å²) in [6, 6.07) is 18.9. The van der Waals surface area contributed by atoms with Crippen LogP contribution < -0.4 is 19.5 Å². The molecule has 0 aliphatic carbocycles. The van der Waals surface area contributed by atoms with Gasteiger partial charge in [0.05, 0.1) is 14.2 Å². The Morgan fingerprint density at radius 2 is 1.57 bits per heavy atom. The highest BCUT2D eigenvalue weighted by Gasteiger charge is 2.12. The molecule has 3 aromatic carbocycles. The summed E-state index contributed by atoms with van der Waals surface area (Å²) in [5, 5.41) is 2.94. The Labute approximate surface area is 177 Å². The lowest BCUT2D eigenvalue weighted by Crippen LogP contribution is -2.23. The minimum atomic E-state index is -0.170. The van der Waals surface area contributed by atoms with Crippen molar-refractivity contribution in [2.45, 2.75) is 27.0 Å². The Hall–Kier alpha value is -3.47. The molecular weight excluding hydrogens is 378 g/mol. The quantitative estimate of drug-likeness (QED) is 0.583. The van der Waals surface area contributed by atoms with Gasteiger partial charge in [-0.05, 0) is 61.4 Å². The minimum Gasteiger partial charge on any atom is -0.496 e. The second kappa shape index (κ2) is 9.83. The van der Waals surface area contributed by atoms with Gasteiger partial charge in [0.15, 0.2) is 0 Å². The lowest BCUT2D eigenvalue weighted by Gasteiger charge is -2.14. The lowest BCUT2D eigenvalue weighted by molar-refractivity contribution is 0.0950. The number of aryl methyl sites for hydroxylation is 2. The molecule has 0 heterocycles. The number of methoxy groups -OCH3 is 2. The van der Waals surface area contributed by atoms with E-state index in [0.717, 1.165) is 22.6 Å². The summed E-state index contributed by atoms with van der Waals surface area (Å²) >= 11 is 0. The number of rotatable bonds is 8. The van der Waals surface area contributed by atoms with Crippen LogP contribution >= 0.6 is 0 Å². The maximum Gasteiger partial charge on any atom is 0.251 e. The van der Waals surface area contributed by atoms with Crippen LogP contribution in [0.25, 0.3) is 0 Å². The summed E-state index contributed by atoms with van der Waals surface area (Å²) in [7, 11) is 3.22. The maximum atomic E-state index is 12.7. The van der Waals surface area contributed by atoms with Gasteiger partial charge in [-0.1, -0.05) is 24.3 Å². The summed E-state index contributed by atoms with van der Waals surface area (Å²) in [4.78, 5) is 12.7. The second-order valence-electron chi connectivity index (χ2n) is 7.06. The van der Waals surface area contributed by atoms with Gasteiger partial charge in [0.2, 0.25) is 0 Å². The average Bonchev–Trinajstić information content (AvgIpc) is 2.78. The Kier molecular flexibility index (Phi) is 6.96. The Morgan fingerprint density at radius 1 is 0.833 bits per heavy atom. The number of para-hydroxylation sites is 1. The molecule has 1 N–H and O–H groups in total.